The van der Waals surface area contributed by atoms with E-state index in [9.17, 15) is 4.79 Å². The average Bonchev–Trinajstić information content (AvgIpc) is 2.54. The Morgan fingerprint density at radius 1 is 1.56 bits per heavy atom. The van der Waals surface area contributed by atoms with Gasteiger partial charge in [-0.1, -0.05) is 20.3 Å². The maximum atomic E-state index is 12.1. The largest absolute Gasteiger partial charge is 0.327 e. The standard InChI is InChI=1S/C12H22N2OS/c1-9(2)10-11(15)14(8-13-10)7-12(16-3)5-4-6-12/h9-10,13H,4-8H2,1-3H3. The van der Waals surface area contributed by atoms with Gasteiger partial charge in [0, 0.05) is 11.3 Å². The summed E-state index contributed by atoms with van der Waals surface area (Å²) in [6.07, 6.45) is 6.03. The second-order valence-corrected chi connectivity index (χ2v) is 6.64. The van der Waals surface area contributed by atoms with Crippen molar-refractivity contribution in [2.45, 2.75) is 43.9 Å². The summed E-state index contributed by atoms with van der Waals surface area (Å²) in [7, 11) is 0. The molecule has 4 heteroatoms. The summed E-state index contributed by atoms with van der Waals surface area (Å²) in [5.41, 5.74) is 0. The average molecular weight is 242 g/mol. The molecule has 0 radical (unpaired) electrons. The molecule has 1 aliphatic carbocycles. The molecule has 16 heavy (non-hydrogen) atoms. The summed E-state index contributed by atoms with van der Waals surface area (Å²) < 4.78 is 0.364. The quantitative estimate of drug-likeness (QED) is 0.814. The summed E-state index contributed by atoms with van der Waals surface area (Å²) in [6.45, 7) is 5.88. The molecule has 0 spiro atoms. The maximum absolute atomic E-state index is 12.1. The molecule has 3 nitrogen and oxygen atoms in total. The predicted molar refractivity (Wildman–Crippen MR) is 68.4 cm³/mol. The van der Waals surface area contributed by atoms with Gasteiger partial charge in [0.05, 0.1) is 12.7 Å². The molecule has 0 aromatic heterocycles. The third-order valence-electron chi connectivity index (χ3n) is 3.92. The topological polar surface area (TPSA) is 32.3 Å². The lowest BCUT2D eigenvalue weighted by Gasteiger charge is -2.42. The van der Waals surface area contributed by atoms with Gasteiger partial charge in [-0.05, 0) is 25.0 Å². The van der Waals surface area contributed by atoms with E-state index in [4.69, 9.17) is 0 Å². The van der Waals surface area contributed by atoms with Crippen molar-refractivity contribution < 1.29 is 4.79 Å². The molecule has 1 saturated carbocycles. The number of nitrogens with one attached hydrogen (secondary N) is 1. The smallest absolute Gasteiger partial charge is 0.241 e. The SMILES string of the molecule is CSC1(CN2CNC(C(C)C)C2=O)CCC1. The second-order valence-electron chi connectivity index (χ2n) is 5.36. The third kappa shape index (κ3) is 2.09. The van der Waals surface area contributed by atoms with Crippen LogP contribution in [0.25, 0.3) is 0 Å². The highest BCUT2D eigenvalue weighted by atomic mass is 32.2. The molecular weight excluding hydrogens is 220 g/mol. The Kier molecular flexibility index (Phi) is 3.50. The van der Waals surface area contributed by atoms with Crippen LogP contribution in [0.5, 0.6) is 0 Å². The highest BCUT2D eigenvalue weighted by Gasteiger charge is 2.42. The van der Waals surface area contributed by atoms with Crippen LogP contribution in [0.2, 0.25) is 0 Å². The van der Waals surface area contributed by atoms with Crippen molar-refractivity contribution in [3.8, 4) is 0 Å². The Hall–Kier alpha value is -0.220. The van der Waals surface area contributed by atoms with E-state index in [1.54, 1.807) is 0 Å². The van der Waals surface area contributed by atoms with Crippen LogP contribution in [0.3, 0.4) is 0 Å². The molecule has 1 atom stereocenters. The van der Waals surface area contributed by atoms with Crippen molar-refractivity contribution in [3.05, 3.63) is 0 Å². The number of carbonyl (C=O) groups is 1. The lowest BCUT2D eigenvalue weighted by molar-refractivity contribution is -0.130. The zero-order chi connectivity index (χ0) is 11.8. The van der Waals surface area contributed by atoms with Crippen LogP contribution in [-0.4, -0.2) is 41.1 Å². The fourth-order valence-electron chi connectivity index (χ4n) is 2.57. The Bertz CT molecular complexity index is 271. The summed E-state index contributed by atoms with van der Waals surface area (Å²) in [4.78, 5) is 14.1. The summed E-state index contributed by atoms with van der Waals surface area (Å²) in [5.74, 6) is 0.694. The molecule has 1 amide bonds. The first-order chi connectivity index (χ1) is 7.58. The molecule has 1 heterocycles. The summed E-state index contributed by atoms with van der Waals surface area (Å²) in [5, 5.41) is 3.32. The first kappa shape index (κ1) is 12.2. The van der Waals surface area contributed by atoms with Crippen molar-refractivity contribution in [2.24, 2.45) is 5.92 Å². The van der Waals surface area contributed by atoms with E-state index in [0.29, 0.717) is 16.6 Å². The molecule has 0 bridgehead atoms. The van der Waals surface area contributed by atoms with Gasteiger partial charge in [-0.3, -0.25) is 10.1 Å². The zero-order valence-electron chi connectivity index (χ0n) is 10.5. The fourth-order valence-corrected chi connectivity index (χ4v) is 3.55. The van der Waals surface area contributed by atoms with Crippen LogP contribution >= 0.6 is 11.8 Å². The molecule has 1 saturated heterocycles. The van der Waals surface area contributed by atoms with E-state index in [1.807, 2.05) is 16.7 Å². The van der Waals surface area contributed by atoms with E-state index in [-0.39, 0.29) is 6.04 Å². The van der Waals surface area contributed by atoms with Gasteiger partial charge in [-0.25, -0.2) is 0 Å². The third-order valence-corrected chi connectivity index (χ3v) is 5.33. The highest BCUT2D eigenvalue weighted by Crippen LogP contribution is 2.43. The predicted octanol–water partition coefficient (Wildman–Crippen LogP) is 1.69. The number of rotatable bonds is 4. The van der Waals surface area contributed by atoms with Crippen molar-refractivity contribution in [1.82, 2.24) is 10.2 Å². The molecule has 0 aromatic rings. The van der Waals surface area contributed by atoms with Gasteiger partial charge >= 0.3 is 0 Å². The summed E-state index contributed by atoms with van der Waals surface area (Å²) >= 11 is 1.94. The molecule has 1 unspecified atom stereocenters. The van der Waals surface area contributed by atoms with Gasteiger partial charge in [0.25, 0.3) is 0 Å². The maximum Gasteiger partial charge on any atom is 0.241 e. The zero-order valence-corrected chi connectivity index (χ0v) is 11.3. The minimum Gasteiger partial charge on any atom is -0.327 e. The Labute approximate surface area is 102 Å². The fraction of sp³-hybridized carbons (Fsp3) is 0.917. The van der Waals surface area contributed by atoms with Crippen LogP contribution in [0, 0.1) is 5.92 Å². The van der Waals surface area contributed by atoms with Crippen molar-refractivity contribution in [1.29, 1.82) is 0 Å². The molecule has 1 aliphatic heterocycles. The second kappa shape index (κ2) is 4.57. The van der Waals surface area contributed by atoms with Crippen molar-refractivity contribution in [2.75, 3.05) is 19.5 Å². The van der Waals surface area contributed by atoms with Gasteiger partial charge in [0.15, 0.2) is 0 Å². The van der Waals surface area contributed by atoms with E-state index in [2.05, 4.69) is 25.4 Å². The van der Waals surface area contributed by atoms with Crippen LogP contribution in [0.4, 0.5) is 0 Å². The van der Waals surface area contributed by atoms with E-state index in [0.717, 1.165) is 13.2 Å². The number of hydrogen-bond acceptors (Lipinski definition) is 3. The van der Waals surface area contributed by atoms with Gasteiger partial charge in [-0.15, -0.1) is 0 Å². The number of hydrogen-bond donors (Lipinski definition) is 1. The lowest BCUT2D eigenvalue weighted by Crippen LogP contribution is -2.47. The molecule has 2 aliphatic rings. The Balaban J connectivity index is 1.94. The number of amides is 1. The van der Waals surface area contributed by atoms with E-state index < -0.39 is 0 Å². The molecular formula is C12H22N2OS. The monoisotopic (exact) mass is 242 g/mol. The number of thioether (sulfide) groups is 1. The minimum absolute atomic E-state index is 0.0407. The van der Waals surface area contributed by atoms with Crippen LogP contribution in [0.15, 0.2) is 0 Å². The van der Waals surface area contributed by atoms with Crippen LogP contribution < -0.4 is 5.32 Å². The normalized spacial score (nSPS) is 28.6. The van der Waals surface area contributed by atoms with Crippen molar-refractivity contribution in [3.63, 3.8) is 0 Å². The van der Waals surface area contributed by atoms with E-state index >= 15 is 0 Å². The number of nitrogens with zero attached hydrogens (tertiary/aromatic N) is 1. The molecule has 2 fully saturated rings. The molecule has 2 rings (SSSR count). The van der Waals surface area contributed by atoms with Crippen LogP contribution in [0.1, 0.15) is 33.1 Å². The highest BCUT2D eigenvalue weighted by molar-refractivity contribution is 8.00. The molecule has 92 valence electrons. The van der Waals surface area contributed by atoms with E-state index in [1.165, 1.54) is 19.3 Å². The first-order valence-electron chi connectivity index (χ1n) is 6.15. The summed E-state index contributed by atoms with van der Waals surface area (Å²) in [6, 6.07) is 0.0407. The molecule has 0 aromatic carbocycles. The molecule has 1 N–H and O–H groups in total. The van der Waals surface area contributed by atoms with Gasteiger partial charge in [0.2, 0.25) is 5.91 Å². The van der Waals surface area contributed by atoms with Crippen molar-refractivity contribution >= 4 is 17.7 Å². The Morgan fingerprint density at radius 2 is 2.25 bits per heavy atom. The van der Waals surface area contributed by atoms with Crippen LogP contribution in [-0.2, 0) is 4.79 Å². The Morgan fingerprint density at radius 3 is 2.62 bits per heavy atom. The van der Waals surface area contributed by atoms with Gasteiger partial charge in [0.1, 0.15) is 0 Å². The van der Waals surface area contributed by atoms with Gasteiger partial charge in [-0.2, -0.15) is 11.8 Å². The number of carbonyl (C=O) groups excluding carboxylic acids is 1. The van der Waals surface area contributed by atoms with Gasteiger partial charge < -0.3 is 4.90 Å². The minimum atomic E-state index is 0.0407. The first-order valence-corrected chi connectivity index (χ1v) is 7.38. The lowest BCUT2D eigenvalue weighted by atomic mass is 9.83.